The Bertz CT molecular complexity index is 781. The second-order valence-corrected chi connectivity index (χ2v) is 4.99. The molecule has 0 spiro atoms. The summed E-state index contributed by atoms with van der Waals surface area (Å²) in [5.74, 6) is -0.734. The van der Waals surface area contributed by atoms with Crippen molar-refractivity contribution < 1.29 is 19.4 Å². The first-order valence-corrected chi connectivity index (χ1v) is 6.55. The van der Waals surface area contributed by atoms with Crippen LogP contribution in [0, 0.1) is 5.92 Å². The molecule has 6 heteroatoms. The van der Waals surface area contributed by atoms with Crippen molar-refractivity contribution in [2.45, 2.75) is 19.9 Å². The van der Waals surface area contributed by atoms with Gasteiger partial charge in [-0.15, -0.1) is 0 Å². The van der Waals surface area contributed by atoms with E-state index in [0.717, 1.165) is 0 Å². The van der Waals surface area contributed by atoms with E-state index in [1.165, 1.54) is 25.1 Å². The number of carbonyl (C=O) groups is 2. The van der Waals surface area contributed by atoms with Crippen LogP contribution in [-0.2, 0) is 14.3 Å². The Balaban J connectivity index is 2.28. The number of fused-ring (bicyclic) bond motifs is 2. The highest BCUT2D eigenvalue weighted by Crippen LogP contribution is 2.31. The Morgan fingerprint density at radius 2 is 1.90 bits per heavy atom. The molecule has 2 aliphatic rings. The van der Waals surface area contributed by atoms with Crippen LogP contribution in [0.15, 0.2) is 29.4 Å². The fourth-order valence-electron chi connectivity index (χ4n) is 2.76. The summed E-state index contributed by atoms with van der Waals surface area (Å²) in [5, 5.41) is 16.9. The quantitative estimate of drug-likeness (QED) is 0.729. The molecule has 0 fully saturated rings. The number of amides is 1. The van der Waals surface area contributed by atoms with Gasteiger partial charge in [0.25, 0.3) is 0 Å². The van der Waals surface area contributed by atoms with Gasteiger partial charge in [-0.05, 0) is 0 Å². The third kappa shape index (κ3) is 1.99. The first-order valence-electron chi connectivity index (χ1n) is 6.55. The number of hydrazone groups is 1. The molecule has 1 aromatic carbocycles. The topological polar surface area (TPSA) is 79.2 Å². The number of nitrogens with zero attached hydrogens (tertiary/aromatic N) is 2. The lowest BCUT2D eigenvalue weighted by Gasteiger charge is -2.28. The van der Waals surface area contributed by atoms with Crippen molar-refractivity contribution in [3.63, 3.8) is 0 Å². The third-order valence-corrected chi connectivity index (χ3v) is 3.58. The molecule has 1 aromatic rings. The van der Waals surface area contributed by atoms with E-state index in [-0.39, 0.29) is 11.7 Å². The fraction of sp³-hybridized carbons (Fsp3) is 0.267. The predicted octanol–water partition coefficient (Wildman–Crippen LogP) is -0.130. The Morgan fingerprint density at radius 1 is 1.24 bits per heavy atom. The molecule has 2 atom stereocenters. The van der Waals surface area contributed by atoms with Gasteiger partial charge in [0.1, 0.15) is 17.6 Å². The molecular formula is C15H14N2O4. The maximum absolute atomic E-state index is 11.7. The summed E-state index contributed by atoms with van der Waals surface area (Å²) in [6, 6.07) is 6.40. The number of aliphatic hydroxyl groups excluding tert-OH is 1. The zero-order chi connectivity index (χ0) is 15.1. The Kier molecular flexibility index (Phi) is 3.01. The van der Waals surface area contributed by atoms with Crippen molar-refractivity contribution in [1.29, 1.82) is 0 Å². The highest BCUT2D eigenvalue weighted by Gasteiger charge is 2.42. The van der Waals surface area contributed by atoms with E-state index in [1.54, 1.807) is 24.3 Å². The highest BCUT2D eigenvalue weighted by molar-refractivity contribution is 5.88. The molecular weight excluding hydrogens is 272 g/mol. The predicted molar refractivity (Wildman–Crippen MR) is 75.2 cm³/mol. The van der Waals surface area contributed by atoms with Crippen molar-refractivity contribution in [1.82, 2.24) is 5.01 Å². The lowest BCUT2D eigenvalue weighted by atomic mass is 9.90. The minimum Gasteiger partial charge on any atom is -0.509 e. The van der Waals surface area contributed by atoms with Crippen molar-refractivity contribution in [3.8, 4) is 0 Å². The van der Waals surface area contributed by atoms with Crippen LogP contribution in [0.4, 0.5) is 0 Å². The molecule has 0 aromatic heterocycles. The zero-order valence-electron chi connectivity index (χ0n) is 11.6. The monoisotopic (exact) mass is 286 g/mol. The number of benzene rings is 1. The molecule has 1 amide bonds. The van der Waals surface area contributed by atoms with Crippen LogP contribution in [0.1, 0.15) is 13.8 Å². The Labute approximate surface area is 120 Å². The number of hydrogen-bond acceptors (Lipinski definition) is 5. The van der Waals surface area contributed by atoms with E-state index in [9.17, 15) is 14.7 Å². The lowest BCUT2D eigenvalue weighted by Crippen LogP contribution is -2.48. The molecule has 3 rings (SSSR count). The van der Waals surface area contributed by atoms with E-state index in [1.807, 2.05) is 0 Å². The average Bonchev–Trinajstić information content (AvgIpc) is 2.88. The van der Waals surface area contributed by atoms with Crippen LogP contribution in [0.2, 0.25) is 0 Å². The van der Waals surface area contributed by atoms with Gasteiger partial charge >= 0.3 is 5.97 Å². The number of aliphatic hydroxyl groups is 1. The highest BCUT2D eigenvalue weighted by atomic mass is 16.5. The second-order valence-electron chi connectivity index (χ2n) is 4.99. The van der Waals surface area contributed by atoms with E-state index in [2.05, 4.69) is 5.10 Å². The first kappa shape index (κ1) is 13.4. The summed E-state index contributed by atoms with van der Waals surface area (Å²) in [7, 11) is 0. The van der Waals surface area contributed by atoms with E-state index < -0.39 is 17.9 Å². The molecule has 1 aliphatic heterocycles. The third-order valence-electron chi connectivity index (χ3n) is 3.58. The van der Waals surface area contributed by atoms with Gasteiger partial charge in [-0.3, -0.25) is 9.59 Å². The van der Waals surface area contributed by atoms with Crippen LogP contribution in [0.3, 0.4) is 0 Å². The summed E-state index contributed by atoms with van der Waals surface area (Å²) >= 11 is 0. The minimum atomic E-state index is -0.660. The van der Waals surface area contributed by atoms with Crippen LogP contribution >= 0.6 is 0 Å². The summed E-state index contributed by atoms with van der Waals surface area (Å²) < 4.78 is 5.33. The Hall–Kier alpha value is -2.63. The van der Waals surface area contributed by atoms with Gasteiger partial charge in [0.05, 0.1) is 5.92 Å². The summed E-state index contributed by atoms with van der Waals surface area (Å²) in [5.41, 5.74) is 0. The maximum Gasteiger partial charge on any atom is 0.307 e. The van der Waals surface area contributed by atoms with Gasteiger partial charge < -0.3 is 9.84 Å². The summed E-state index contributed by atoms with van der Waals surface area (Å²) in [4.78, 5) is 23.0. The van der Waals surface area contributed by atoms with E-state index >= 15 is 0 Å². The Morgan fingerprint density at radius 3 is 2.52 bits per heavy atom. The molecule has 0 radical (unpaired) electrons. The largest absolute Gasteiger partial charge is 0.509 e. The normalized spacial score (nSPS) is 22.9. The van der Waals surface area contributed by atoms with Gasteiger partial charge in [0.15, 0.2) is 0 Å². The van der Waals surface area contributed by atoms with Crippen molar-refractivity contribution in [2.24, 2.45) is 11.0 Å². The molecule has 0 bridgehead atoms. The molecule has 0 saturated carbocycles. The molecule has 1 N–H and O–H groups in total. The molecule has 21 heavy (non-hydrogen) atoms. The second kappa shape index (κ2) is 4.73. The van der Waals surface area contributed by atoms with Gasteiger partial charge in [-0.25, -0.2) is 5.01 Å². The van der Waals surface area contributed by atoms with Gasteiger partial charge in [-0.2, -0.15) is 5.10 Å². The van der Waals surface area contributed by atoms with Gasteiger partial charge in [-0.1, -0.05) is 24.3 Å². The molecule has 0 saturated heterocycles. The smallest absolute Gasteiger partial charge is 0.307 e. The van der Waals surface area contributed by atoms with Gasteiger partial charge in [0.2, 0.25) is 5.91 Å². The number of ether oxygens (including phenoxy) is 1. The maximum atomic E-state index is 11.7. The minimum absolute atomic E-state index is 0.0548. The number of carbonyl (C=O) groups excluding carboxylic acids is 2. The van der Waals surface area contributed by atoms with Crippen molar-refractivity contribution in [2.75, 3.05) is 0 Å². The number of hydrogen-bond donors (Lipinski definition) is 1. The standard InChI is InChI=1S/C15H14N2O4/c1-8(18)17-13-12(7-16-17)15(21-9(2)19)11-6-4-3-5-10(11)14(13)20/h3-7,12-13,20H,1-2H3/t12-,13+/m0/s1. The molecule has 108 valence electrons. The number of esters is 1. The van der Waals surface area contributed by atoms with E-state index in [4.69, 9.17) is 4.74 Å². The van der Waals surface area contributed by atoms with Crippen LogP contribution in [0.25, 0.3) is 11.5 Å². The van der Waals surface area contributed by atoms with Crippen LogP contribution in [0.5, 0.6) is 0 Å². The fourth-order valence-corrected chi connectivity index (χ4v) is 2.76. The zero-order valence-corrected chi connectivity index (χ0v) is 11.6. The molecule has 1 heterocycles. The van der Waals surface area contributed by atoms with Crippen molar-refractivity contribution in [3.05, 3.63) is 34.7 Å². The SMILES string of the molecule is CC(=O)OC1=c2ccccc2=C(O)[C@H]2[C@@H]1C=NN2C(C)=O. The summed E-state index contributed by atoms with van der Waals surface area (Å²) in [6.07, 6.45) is 1.52. The number of rotatable bonds is 1. The van der Waals surface area contributed by atoms with E-state index in [0.29, 0.717) is 16.2 Å². The van der Waals surface area contributed by atoms with Gasteiger partial charge in [0, 0.05) is 30.5 Å². The molecule has 1 aliphatic carbocycles. The van der Waals surface area contributed by atoms with Crippen LogP contribution < -0.4 is 10.4 Å². The van der Waals surface area contributed by atoms with Crippen molar-refractivity contribution >= 4 is 29.6 Å². The molecule has 6 nitrogen and oxygen atoms in total. The average molecular weight is 286 g/mol. The molecule has 0 unspecified atom stereocenters. The summed E-state index contributed by atoms with van der Waals surface area (Å²) in [6.45, 7) is 2.69. The van der Waals surface area contributed by atoms with Crippen LogP contribution in [-0.4, -0.2) is 34.2 Å². The first-order chi connectivity index (χ1) is 10.0. The lowest BCUT2D eigenvalue weighted by molar-refractivity contribution is -0.134.